The quantitative estimate of drug-likeness (QED) is 0.819. The minimum atomic E-state index is -0.163. The van der Waals surface area contributed by atoms with Crippen molar-refractivity contribution in [2.24, 2.45) is 0 Å². The van der Waals surface area contributed by atoms with E-state index in [0.717, 1.165) is 9.48 Å². The molecule has 0 aliphatic rings. The summed E-state index contributed by atoms with van der Waals surface area (Å²) < 4.78 is 0.876. The van der Waals surface area contributed by atoms with Gasteiger partial charge >= 0.3 is 0 Å². The maximum Gasteiger partial charge on any atom is 0.277 e. The standard InChI is InChI=1S/C12H10BrClN2OS/c1-7-15-10(6-18-7)12(17)16(2)11-4-3-8(13)5-9(11)14/h3-6H,1-2H3. The number of halogens is 2. The molecule has 1 heterocycles. The highest BCUT2D eigenvalue weighted by molar-refractivity contribution is 9.10. The average Bonchev–Trinajstić information content (AvgIpc) is 2.74. The number of aromatic nitrogens is 1. The molecule has 0 spiro atoms. The van der Waals surface area contributed by atoms with Crippen molar-refractivity contribution in [3.63, 3.8) is 0 Å². The molecule has 0 N–H and O–H groups in total. The van der Waals surface area contributed by atoms with Gasteiger partial charge in [0.25, 0.3) is 5.91 Å². The highest BCUT2D eigenvalue weighted by atomic mass is 79.9. The summed E-state index contributed by atoms with van der Waals surface area (Å²) in [5.41, 5.74) is 1.11. The van der Waals surface area contributed by atoms with E-state index < -0.39 is 0 Å². The van der Waals surface area contributed by atoms with Gasteiger partial charge in [-0.1, -0.05) is 27.5 Å². The molecule has 18 heavy (non-hydrogen) atoms. The lowest BCUT2D eigenvalue weighted by atomic mass is 10.3. The molecule has 0 saturated heterocycles. The predicted octanol–water partition coefficient (Wildman–Crippen LogP) is 4.14. The molecule has 0 radical (unpaired) electrons. The molecule has 0 bridgehead atoms. The van der Waals surface area contributed by atoms with Crippen LogP contribution < -0.4 is 4.90 Å². The zero-order chi connectivity index (χ0) is 13.3. The molecule has 0 fully saturated rings. The van der Waals surface area contributed by atoms with Crippen molar-refractivity contribution in [3.8, 4) is 0 Å². The first-order chi connectivity index (χ1) is 8.49. The van der Waals surface area contributed by atoms with Crippen LogP contribution in [0.1, 0.15) is 15.5 Å². The minimum absolute atomic E-state index is 0.163. The first-order valence-electron chi connectivity index (χ1n) is 5.14. The van der Waals surface area contributed by atoms with E-state index in [1.807, 2.05) is 13.0 Å². The number of carbonyl (C=O) groups excluding carboxylic acids is 1. The zero-order valence-electron chi connectivity index (χ0n) is 9.78. The monoisotopic (exact) mass is 344 g/mol. The van der Waals surface area contributed by atoms with Gasteiger partial charge in [-0.3, -0.25) is 4.79 Å². The summed E-state index contributed by atoms with van der Waals surface area (Å²) in [6.45, 7) is 1.87. The van der Waals surface area contributed by atoms with Gasteiger partial charge in [-0.15, -0.1) is 11.3 Å². The van der Waals surface area contributed by atoms with Gasteiger partial charge < -0.3 is 4.90 Å². The largest absolute Gasteiger partial charge is 0.309 e. The van der Waals surface area contributed by atoms with Gasteiger partial charge in [0.2, 0.25) is 0 Å². The van der Waals surface area contributed by atoms with Crippen LogP contribution in [0.3, 0.4) is 0 Å². The van der Waals surface area contributed by atoms with Gasteiger partial charge in [0, 0.05) is 16.9 Å². The summed E-state index contributed by atoms with van der Waals surface area (Å²) in [5.74, 6) is -0.163. The Morgan fingerprint density at radius 2 is 2.22 bits per heavy atom. The van der Waals surface area contributed by atoms with Crippen LogP contribution in [0.15, 0.2) is 28.1 Å². The van der Waals surface area contributed by atoms with Gasteiger partial charge in [-0.25, -0.2) is 4.98 Å². The van der Waals surface area contributed by atoms with E-state index >= 15 is 0 Å². The second-order valence-corrected chi connectivity index (χ2v) is 6.10. The zero-order valence-corrected chi connectivity index (χ0v) is 12.9. The number of aryl methyl sites for hydroxylation is 1. The lowest BCUT2D eigenvalue weighted by Crippen LogP contribution is -2.26. The summed E-state index contributed by atoms with van der Waals surface area (Å²) >= 11 is 10.9. The molecular formula is C12H10BrClN2OS. The molecule has 0 unspecified atom stereocenters. The van der Waals surface area contributed by atoms with Crippen LogP contribution in [0.5, 0.6) is 0 Å². The molecule has 0 atom stereocenters. The normalized spacial score (nSPS) is 10.4. The Bertz CT molecular complexity index is 600. The molecule has 1 aromatic carbocycles. The molecule has 0 aliphatic carbocycles. The number of amides is 1. The lowest BCUT2D eigenvalue weighted by molar-refractivity contribution is 0.0989. The number of rotatable bonds is 2. The number of benzene rings is 1. The van der Waals surface area contributed by atoms with Crippen LogP contribution in [0.4, 0.5) is 5.69 Å². The molecule has 94 valence electrons. The van der Waals surface area contributed by atoms with Gasteiger partial charge in [-0.2, -0.15) is 0 Å². The van der Waals surface area contributed by atoms with E-state index in [4.69, 9.17) is 11.6 Å². The topological polar surface area (TPSA) is 33.2 Å². The van der Waals surface area contributed by atoms with Crippen molar-refractivity contribution in [1.29, 1.82) is 0 Å². The molecule has 3 nitrogen and oxygen atoms in total. The minimum Gasteiger partial charge on any atom is -0.309 e. The number of anilines is 1. The van der Waals surface area contributed by atoms with Gasteiger partial charge in [-0.05, 0) is 25.1 Å². The van der Waals surface area contributed by atoms with Crippen molar-refractivity contribution < 1.29 is 4.79 Å². The Morgan fingerprint density at radius 1 is 1.50 bits per heavy atom. The second-order valence-electron chi connectivity index (χ2n) is 3.71. The SMILES string of the molecule is Cc1nc(C(=O)N(C)c2ccc(Br)cc2Cl)cs1. The summed E-state index contributed by atoms with van der Waals surface area (Å²) in [6, 6.07) is 5.40. The van der Waals surface area contributed by atoms with Crippen LogP contribution in [-0.2, 0) is 0 Å². The number of hydrogen-bond donors (Lipinski definition) is 0. The van der Waals surface area contributed by atoms with Crippen molar-refractivity contribution >= 4 is 50.5 Å². The maximum absolute atomic E-state index is 12.2. The Kier molecular flexibility index (Phi) is 4.04. The van der Waals surface area contributed by atoms with Gasteiger partial charge in [0.1, 0.15) is 5.69 Å². The van der Waals surface area contributed by atoms with Crippen molar-refractivity contribution in [2.45, 2.75) is 6.92 Å². The first-order valence-corrected chi connectivity index (χ1v) is 7.19. The first kappa shape index (κ1) is 13.5. The van der Waals surface area contributed by atoms with E-state index in [1.54, 1.807) is 24.6 Å². The lowest BCUT2D eigenvalue weighted by Gasteiger charge is -2.17. The van der Waals surface area contributed by atoms with E-state index in [9.17, 15) is 4.79 Å². The van der Waals surface area contributed by atoms with Crippen molar-refractivity contribution in [3.05, 3.63) is 43.8 Å². The molecule has 1 amide bonds. The van der Waals surface area contributed by atoms with Crippen LogP contribution >= 0.6 is 38.9 Å². The summed E-state index contributed by atoms with van der Waals surface area (Å²) in [6.07, 6.45) is 0. The summed E-state index contributed by atoms with van der Waals surface area (Å²) in [7, 11) is 1.69. The van der Waals surface area contributed by atoms with Crippen LogP contribution in [0.25, 0.3) is 0 Å². The highest BCUT2D eigenvalue weighted by Gasteiger charge is 2.18. The Labute approximate surface area is 123 Å². The van der Waals surface area contributed by atoms with Crippen LogP contribution in [0, 0.1) is 6.92 Å². The Balaban J connectivity index is 2.31. The van der Waals surface area contributed by atoms with Gasteiger partial charge in [0.05, 0.1) is 15.7 Å². The smallest absolute Gasteiger partial charge is 0.277 e. The number of carbonyl (C=O) groups is 1. The molecular weight excluding hydrogens is 336 g/mol. The molecule has 0 aliphatic heterocycles. The van der Waals surface area contributed by atoms with Crippen molar-refractivity contribution in [2.75, 3.05) is 11.9 Å². The molecule has 1 aromatic heterocycles. The predicted molar refractivity (Wildman–Crippen MR) is 78.7 cm³/mol. The fourth-order valence-electron chi connectivity index (χ4n) is 1.50. The third-order valence-electron chi connectivity index (χ3n) is 2.41. The van der Waals surface area contributed by atoms with Crippen molar-refractivity contribution in [1.82, 2.24) is 4.98 Å². The maximum atomic E-state index is 12.2. The third-order valence-corrected chi connectivity index (χ3v) is 3.98. The summed E-state index contributed by atoms with van der Waals surface area (Å²) in [5, 5.41) is 3.14. The van der Waals surface area contributed by atoms with Gasteiger partial charge in [0.15, 0.2) is 0 Å². The average molecular weight is 346 g/mol. The number of thiazole rings is 1. The highest BCUT2D eigenvalue weighted by Crippen LogP contribution is 2.29. The Hall–Kier alpha value is -0.910. The second kappa shape index (κ2) is 5.38. The van der Waals surface area contributed by atoms with E-state index in [2.05, 4.69) is 20.9 Å². The fraction of sp³-hybridized carbons (Fsp3) is 0.167. The Morgan fingerprint density at radius 3 is 2.78 bits per heavy atom. The van der Waals surface area contributed by atoms with E-state index in [1.165, 1.54) is 16.2 Å². The van der Waals surface area contributed by atoms with Crippen LogP contribution in [-0.4, -0.2) is 17.9 Å². The number of nitrogens with zero attached hydrogens (tertiary/aromatic N) is 2. The third kappa shape index (κ3) is 2.74. The molecule has 6 heteroatoms. The molecule has 2 aromatic rings. The van der Waals surface area contributed by atoms with E-state index in [0.29, 0.717) is 16.4 Å². The van der Waals surface area contributed by atoms with E-state index in [-0.39, 0.29) is 5.91 Å². The summed E-state index contributed by atoms with van der Waals surface area (Å²) in [4.78, 5) is 17.9. The molecule has 2 rings (SSSR count). The van der Waals surface area contributed by atoms with Crippen LogP contribution in [0.2, 0.25) is 5.02 Å². The fourth-order valence-corrected chi connectivity index (χ4v) is 2.88. The molecule has 0 saturated carbocycles. The number of hydrogen-bond acceptors (Lipinski definition) is 3.